The van der Waals surface area contributed by atoms with Gasteiger partial charge in [-0.2, -0.15) is 0 Å². The summed E-state index contributed by atoms with van der Waals surface area (Å²) in [5.41, 5.74) is 0.551. The van der Waals surface area contributed by atoms with E-state index in [1.807, 2.05) is 30.3 Å². The number of ether oxygens (including phenoxy) is 2. The molecule has 10 nitrogen and oxygen atoms in total. The number of aromatic nitrogens is 2. The molecule has 31 heavy (non-hydrogen) atoms. The lowest BCUT2D eigenvalue weighted by molar-refractivity contribution is -0.385. The topological polar surface area (TPSA) is 138 Å². The summed E-state index contributed by atoms with van der Waals surface area (Å²) in [5, 5.41) is 28.5. The van der Waals surface area contributed by atoms with Gasteiger partial charge in [0, 0.05) is 6.92 Å². The van der Waals surface area contributed by atoms with Crippen LogP contribution in [0.3, 0.4) is 0 Å². The minimum atomic E-state index is -1.31. The van der Waals surface area contributed by atoms with Gasteiger partial charge in [-0.25, -0.2) is 4.79 Å². The van der Waals surface area contributed by atoms with E-state index in [0.29, 0.717) is 11.8 Å². The van der Waals surface area contributed by atoms with Gasteiger partial charge in [0.25, 0.3) is 10.9 Å². The fourth-order valence-electron chi connectivity index (χ4n) is 2.54. The first-order valence-electron chi connectivity index (χ1n) is 8.83. The van der Waals surface area contributed by atoms with Crippen LogP contribution < -0.4 is 9.47 Å². The number of aliphatic carboxylic acids is 1. The predicted octanol–water partition coefficient (Wildman–Crippen LogP) is 4.09. The summed E-state index contributed by atoms with van der Waals surface area (Å²) in [6.45, 7) is 1.74. The van der Waals surface area contributed by atoms with E-state index in [-0.39, 0.29) is 45.4 Å². The quantitative estimate of drug-likeness (QED) is 0.223. The molecule has 0 unspecified atom stereocenters. The SMILES string of the molecule is COc1cc(/C=C(\Sc2nnc(C)o2)C(=O)O)c([N+](=O)[O-])cc1OCc1ccccc1. The maximum Gasteiger partial charge on any atom is 0.342 e. The minimum absolute atomic E-state index is 0.00332. The second kappa shape index (κ2) is 9.76. The van der Waals surface area contributed by atoms with Crippen LogP contribution in [0, 0.1) is 17.0 Å². The molecule has 1 aromatic heterocycles. The average molecular weight is 443 g/mol. The third-order valence-electron chi connectivity index (χ3n) is 3.95. The van der Waals surface area contributed by atoms with Gasteiger partial charge >= 0.3 is 5.97 Å². The molecule has 2 aromatic carbocycles. The van der Waals surface area contributed by atoms with Gasteiger partial charge in [-0.15, -0.1) is 10.2 Å². The van der Waals surface area contributed by atoms with Crippen LogP contribution in [0.4, 0.5) is 5.69 Å². The molecule has 0 bridgehead atoms. The van der Waals surface area contributed by atoms with Gasteiger partial charge in [-0.3, -0.25) is 10.1 Å². The molecule has 0 aliphatic heterocycles. The Labute approximate surface area is 180 Å². The summed E-state index contributed by atoms with van der Waals surface area (Å²) in [6.07, 6.45) is 1.15. The highest BCUT2D eigenvalue weighted by Crippen LogP contribution is 2.38. The van der Waals surface area contributed by atoms with Crippen molar-refractivity contribution in [2.24, 2.45) is 0 Å². The van der Waals surface area contributed by atoms with Crippen LogP contribution in [-0.2, 0) is 11.4 Å². The number of thioether (sulfide) groups is 1. The van der Waals surface area contributed by atoms with Crippen molar-refractivity contribution in [3.05, 3.63) is 74.5 Å². The molecule has 0 radical (unpaired) electrons. The number of benzene rings is 2. The van der Waals surface area contributed by atoms with Crippen LogP contribution >= 0.6 is 11.8 Å². The number of aryl methyl sites for hydroxylation is 1. The summed E-state index contributed by atoms with van der Waals surface area (Å²) in [5.74, 6) is -0.665. The van der Waals surface area contributed by atoms with Crippen LogP contribution in [-0.4, -0.2) is 33.3 Å². The van der Waals surface area contributed by atoms with Crippen molar-refractivity contribution in [3.8, 4) is 11.5 Å². The van der Waals surface area contributed by atoms with E-state index >= 15 is 0 Å². The summed E-state index contributed by atoms with van der Waals surface area (Å²) >= 11 is 0.685. The van der Waals surface area contributed by atoms with E-state index < -0.39 is 10.9 Å². The molecule has 11 heteroatoms. The second-order valence-corrected chi connectivity index (χ2v) is 7.09. The van der Waals surface area contributed by atoms with Crippen LogP contribution in [0.1, 0.15) is 17.0 Å². The number of nitrogens with zero attached hydrogens (tertiary/aromatic N) is 3. The van der Waals surface area contributed by atoms with Gasteiger partial charge in [0.15, 0.2) is 11.5 Å². The zero-order chi connectivity index (χ0) is 22.4. The molecular formula is C20H17N3O7S. The standard InChI is InChI=1S/C20H17N3O7S/c1-12-21-22-20(30-12)31-18(19(24)25)9-14-8-16(28-2)17(10-15(14)23(26)27)29-11-13-6-4-3-5-7-13/h3-10H,11H2,1-2H3,(H,24,25)/b18-9-. The number of carboxylic acids is 1. The molecule has 0 aliphatic carbocycles. The smallest absolute Gasteiger partial charge is 0.342 e. The van der Waals surface area contributed by atoms with Gasteiger partial charge in [-0.1, -0.05) is 30.3 Å². The maximum atomic E-state index is 11.7. The van der Waals surface area contributed by atoms with Crippen molar-refractivity contribution in [2.45, 2.75) is 18.8 Å². The van der Waals surface area contributed by atoms with Crippen molar-refractivity contribution in [1.29, 1.82) is 0 Å². The first-order valence-corrected chi connectivity index (χ1v) is 9.65. The van der Waals surface area contributed by atoms with Crippen LogP contribution in [0.25, 0.3) is 6.08 Å². The first kappa shape index (κ1) is 21.8. The summed E-state index contributed by atoms with van der Waals surface area (Å²) < 4.78 is 16.2. The van der Waals surface area contributed by atoms with Crippen molar-refractivity contribution in [1.82, 2.24) is 10.2 Å². The Morgan fingerprint density at radius 2 is 2.00 bits per heavy atom. The van der Waals surface area contributed by atoms with E-state index in [2.05, 4.69) is 10.2 Å². The molecule has 0 saturated carbocycles. The number of rotatable bonds is 9. The lowest BCUT2D eigenvalue weighted by Crippen LogP contribution is -2.02. The highest BCUT2D eigenvalue weighted by molar-refractivity contribution is 8.03. The predicted molar refractivity (Wildman–Crippen MR) is 111 cm³/mol. The largest absolute Gasteiger partial charge is 0.493 e. The molecule has 1 N–H and O–H groups in total. The number of methoxy groups -OCH3 is 1. The average Bonchev–Trinajstić information content (AvgIpc) is 3.17. The molecule has 0 saturated heterocycles. The zero-order valence-corrected chi connectivity index (χ0v) is 17.3. The number of hydrogen-bond donors (Lipinski definition) is 1. The maximum absolute atomic E-state index is 11.7. The summed E-state index contributed by atoms with van der Waals surface area (Å²) in [6, 6.07) is 11.8. The van der Waals surface area contributed by atoms with E-state index in [0.717, 1.165) is 11.6 Å². The van der Waals surface area contributed by atoms with Crippen LogP contribution in [0.2, 0.25) is 0 Å². The Morgan fingerprint density at radius 1 is 1.26 bits per heavy atom. The van der Waals surface area contributed by atoms with Crippen LogP contribution in [0.15, 0.2) is 57.0 Å². The van der Waals surface area contributed by atoms with Crippen molar-refractivity contribution < 1.29 is 28.7 Å². The molecule has 0 fully saturated rings. The number of nitro groups is 1. The second-order valence-electron chi connectivity index (χ2n) is 6.10. The lowest BCUT2D eigenvalue weighted by Gasteiger charge is -2.12. The Morgan fingerprint density at radius 3 is 2.58 bits per heavy atom. The molecule has 0 amide bonds. The van der Waals surface area contributed by atoms with Gasteiger partial charge in [0.1, 0.15) is 11.5 Å². The molecule has 0 spiro atoms. The van der Waals surface area contributed by atoms with Gasteiger partial charge in [0.05, 0.1) is 23.7 Å². The van der Waals surface area contributed by atoms with Crippen molar-refractivity contribution >= 4 is 29.5 Å². The first-order chi connectivity index (χ1) is 14.9. The molecule has 160 valence electrons. The van der Waals surface area contributed by atoms with Crippen LogP contribution in [0.5, 0.6) is 11.5 Å². The van der Waals surface area contributed by atoms with Crippen molar-refractivity contribution in [2.75, 3.05) is 7.11 Å². The molecule has 3 rings (SSSR count). The third kappa shape index (κ3) is 5.60. The third-order valence-corrected chi connectivity index (χ3v) is 4.80. The number of carboxylic acid groups (broad SMARTS) is 1. The fourth-order valence-corrected chi connectivity index (χ4v) is 3.24. The molecule has 0 aliphatic rings. The highest BCUT2D eigenvalue weighted by Gasteiger charge is 2.22. The Hall–Kier alpha value is -3.86. The van der Waals surface area contributed by atoms with E-state index in [9.17, 15) is 20.0 Å². The molecule has 1 heterocycles. The number of carbonyl (C=O) groups is 1. The van der Waals surface area contributed by atoms with Gasteiger partial charge in [-0.05, 0) is 29.5 Å². The number of nitro benzene ring substituents is 1. The van der Waals surface area contributed by atoms with E-state index in [4.69, 9.17) is 13.9 Å². The van der Waals surface area contributed by atoms with E-state index in [1.54, 1.807) is 6.92 Å². The lowest BCUT2D eigenvalue weighted by atomic mass is 10.1. The number of hydrogen-bond acceptors (Lipinski definition) is 9. The Kier molecular flexibility index (Phi) is 6.88. The van der Waals surface area contributed by atoms with E-state index in [1.165, 1.54) is 19.2 Å². The zero-order valence-electron chi connectivity index (χ0n) is 16.5. The van der Waals surface area contributed by atoms with Gasteiger partial charge < -0.3 is 19.0 Å². The normalized spacial score (nSPS) is 11.2. The highest BCUT2D eigenvalue weighted by atomic mass is 32.2. The Bertz CT molecular complexity index is 1130. The fraction of sp³-hybridized carbons (Fsp3) is 0.150. The monoisotopic (exact) mass is 443 g/mol. The summed E-state index contributed by atoms with van der Waals surface area (Å²) in [4.78, 5) is 22.5. The minimum Gasteiger partial charge on any atom is -0.493 e. The Balaban J connectivity index is 1.97. The molecule has 3 aromatic rings. The van der Waals surface area contributed by atoms with Gasteiger partial charge in [0.2, 0.25) is 5.89 Å². The molecule has 0 atom stereocenters. The summed E-state index contributed by atoms with van der Waals surface area (Å²) in [7, 11) is 1.39. The molecular weight excluding hydrogens is 426 g/mol. The van der Waals surface area contributed by atoms with Crippen molar-refractivity contribution in [3.63, 3.8) is 0 Å².